The lowest BCUT2D eigenvalue weighted by molar-refractivity contribution is -0.194. The Morgan fingerprint density at radius 2 is 1.42 bits per heavy atom. The molecular weight excluding hydrogens is 760 g/mol. The van der Waals surface area contributed by atoms with E-state index >= 15 is 0 Å². The molecule has 0 spiro atoms. The lowest BCUT2D eigenvalue weighted by atomic mass is 9.59. The number of ether oxygens (including phenoxy) is 1. The number of benzene rings is 2. The molecule has 3 amide bonds. The van der Waals surface area contributed by atoms with Crippen LogP contribution in [0.2, 0.25) is 0 Å². The van der Waals surface area contributed by atoms with Gasteiger partial charge in [-0.25, -0.2) is 9.49 Å². The smallest absolute Gasteiger partial charge is 0.272 e. The summed E-state index contributed by atoms with van der Waals surface area (Å²) in [5.41, 5.74) is 1.28. The van der Waals surface area contributed by atoms with Crippen LogP contribution >= 0.6 is 0 Å². The molecular formula is C48H71FN6O5. The summed E-state index contributed by atoms with van der Waals surface area (Å²) in [5, 5.41) is 7.98. The van der Waals surface area contributed by atoms with Crippen LogP contribution in [0, 0.1) is 29.0 Å². The second-order valence-electron chi connectivity index (χ2n) is 16.8. The van der Waals surface area contributed by atoms with Gasteiger partial charge in [0, 0.05) is 56.5 Å². The van der Waals surface area contributed by atoms with Crippen LogP contribution < -0.4 is 5.56 Å². The largest absolute Gasteiger partial charge is 0.380 e. The molecule has 11 nitrogen and oxygen atoms in total. The summed E-state index contributed by atoms with van der Waals surface area (Å²) in [4.78, 5) is 57.7. The molecule has 3 aromatic rings. The van der Waals surface area contributed by atoms with Crippen LogP contribution in [0.4, 0.5) is 4.39 Å². The van der Waals surface area contributed by atoms with Crippen LogP contribution in [0.3, 0.4) is 0 Å². The van der Waals surface area contributed by atoms with Gasteiger partial charge in [0.25, 0.3) is 11.5 Å². The van der Waals surface area contributed by atoms with Crippen molar-refractivity contribution >= 4 is 29.0 Å². The zero-order valence-corrected chi connectivity index (χ0v) is 37.1. The molecule has 1 N–H and O–H groups in total. The third-order valence-electron chi connectivity index (χ3n) is 13.6. The van der Waals surface area contributed by atoms with Crippen LogP contribution in [0.5, 0.6) is 0 Å². The van der Waals surface area contributed by atoms with Crippen molar-refractivity contribution in [2.45, 2.75) is 105 Å². The highest BCUT2D eigenvalue weighted by molar-refractivity contribution is 5.95. The number of fused-ring (bicyclic) bond motifs is 1. The number of piperidine rings is 2. The summed E-state index contributed by atoms with van der Waals surface area (Å²) in [6.07, 6.45) is 14.4. The van der Waals surface area contributed by atoms with Crippen molar-refractivity contribution in [1.82, 2.24) is 29.8 Å². The number of amides is 3. The van der Waals surface area contributed by atoms with Crippen LogP contribution in [0.15, 0.2) is 47.3 Å². The van der Waals surface area contributed by atoms with Gasteiger partial charge in [0.15, 0.2) is 0 Å². The highest BCUT2D eigenvalue weighted by atomic mass is 19.1. The molecule has 1 saturated carbocycles. The minimum atomic E-state index is -0.591. The Kier molecular flexibility index (Phi) is 18.1. The number of H-pyrrole nitrogens is 1. The number of carbonyl (C=O) groups excluding carboxylic acids is 3. The number of rotatable bonds is 9. The Morgan fingerprint density at radius 3 is 1.98 bits per heavy atom. The van der Waals surface area contributed by atoms with E-state index in [9.17, 15) is 23.6 Å². The van der Waals surface area contributed by atoms with Crippen molar-refractivity contribution in [3.05, 3.63) is 75.5 Å². The van der Waals surface area contributed by atoms with Crippen LogP contribution in [0.1, 0.15) is 120 Å². The number of carbonyl (C=O) groups is 3. The van der Waals surface area contributed by atoms with Gasteiger partial charge in [0.1, 0.15) is 5.82 Å². The number of hydrogen-bond acceptors (Lipinski definition) is 7. The average Bonchev–Trinajstić information content (AvgIpc) is 3.30. The predicted octanol–water partition coefficient (Wildman–Crippen LogP) is 7.56. The quantitative estimate of drug-likeness (QED) is 0.221. The second-order valence-corrected chi connectivity index (χ2v) is 16.8. The fraction of sp³-hybridized carbons (Fsp3) is 0.646. The van der Waals surface area contributed by atoms with Crippen LogP contribution in [0.25, 0.3) is 10.8 Å². The molecule has 2 aromatic carbocycles. The molecule has 0 radical (unpaired) electrons. The molecule has 5 heterocycles. The Bertz CT molecular complexity index is 1870. The Hall–Kier alpha value is -4.16. The van der Waals surface area contributed by atoms with Gasteiger partial charge in [-0.05, 0) is 80.3 Å². The zero-order chi connectivity index (χ0) is 43.1. The minimum absolute atomic E-state index is 0.00666. The fourth-order valence-electron chi connectivity index (χ4n) is 9.95. The summed E-state index contributed by atoms with van der Waals surface area (Å²) < 4.78 is 20.7. The number of nitrogens with zero attached hydrogens (tertiary/aromatic N) is 5. The molecule has 8 rings (SSSR count). The number of piperazine rings is 1. The molecule has 5 fully saturated rings. The molecule has 1 aromatic heterocycles. The van der Waals surface area contributed by atoms with Crippen molar-refractivity contribution in [2.24, 2.45) is 23.2 Å². The van der Waals surface area contributed by atoms with E-state index in [1.807, 2.05) is 49.6 Å². The van der Waals surface area contributed by atoms with E-state index in [0.717, 1.165) is 77.4 Å². The Balaban J connectivity index is 0.000000500. The van der Waals surface area contributed by atoms with E-state index in [1.54, 1.807) is 29.2 Å². The van der Waals surface area contributed by atoms with Gasteiger partial charge in [-0.2, -0.15) is 5.10 Å². The van der Waals surface area contributed by atoms with Gasteiger partial charge in [-0.1, -0.05) is 97.4 Å². The Morgan fingerprint density at radius 1 is 0.817 bits per heavy atom. The number of nitrogens with one attached hydrogen (secondary N) is 1. The van der Waals surface area contributed by atoms with E-state index in [0.29, 0.717) is 73.0 Å². The maximum Gasteiger partial charge on any atom is 0.272 e. The van der Waals surface area contributed by atoms with Gasteiger partial charge < -0.3 is 19.4 Å². The van der Waals surface area contributed by atoms with E-state index in [-0.39, 0.29) is 22.4 Å². The van der Waals surface area contributed by atoms with E-state index in [1.165, 1.54) is 44.6 Å². The number of aromatic nitrogens is 2. The molecule has 330 valence electrons. The van der Waals surface area contributed by atoms with Gasteiger partial charge in [0.05, 0.1) is 36.4 Å². The topological polar surface area (TPSA) is 119 Å². The number of halogens is 1. The molecule has 4 aliphatic heterocycles. The van der Waals surface area contributed by atoms with Crippen LogP contribution in [-0.2, 0) is 20.7 Å². The number of likely N-dealkylation sites (tertiary alicyclic amines) is 2. The maximum atomic E-state index is 14.9. The molecule has 0 unspecified atom stereocenters. The Labute approximate surface area is 357 Å². The third kappa shape index (κ3) is 11.4. The molecule has 0 atom stereocenters. The van der Waals surface area contributed by atoms with Gasteiger partial charge >= 0.3 is 0 Å². The van der Waals surface area contributed by atoms with Crippen LogP contribution in [-0.4, -0.2) is 120 Å². The number of hydrogen-bond donors (Lipinski definition) is 1. The third-order valence-corrected chi connectivity index (χ3v) is 13.6. The first-order chi connectivity index (χ1) is 29.3. The molecule has 1 aliphatic carbocycles. The van der Waals surface area contributed by atoms with Gasteiger partial charge in [0.2, 0.25) is 12.3 Å². The standard InChI is InChI=1S/C36H43FN6O5.C8H16.2C2H6/c37-31-6-5-25(20-32-28-3-1-2-4-29(28)34(46)39-38-32)19-30(31)35(47)43-17-15-42(16-18-43)33(45)21-40-11-7-26(8-12-40)36(22-48-23-36)27-9-13-41(24-44)14-10-27;1-2-8-6-4-3-5-7-8;2*1-2/h1-6,19,24,26-27H,7-18,20-23H2,(H,39,46);8H,2-7H2,1H3;2*1-2H3. The summed E-state index contributed by atoms with van der Waals surface area (Å²) in [5.74, 6) is 1.33. The van der Waals surface area contributed by atoms with E-state index in [2.05, 4.69) is 22.0 Å². The summed E-state index contributed by atoms with van der Waals surface area (Å²) >= 11 is 0. The molecule has 4 saturated heterocycles. The zero-order valence-electron chi connectivity index (χ0n) is 37.1. The lowest BCUT2D eigenvalue weighted by Crippen LogP contribution is -2.58. The predicted molar refractivity (Wildman–Crippen MR) is 236 cm³/mol. The highest BCUT2D eigenvalue weighted by Gasteiger charge is 2.52. The van der Waals surface area contributed by atoms with E-state index in [4.69, 9.17) is 4.74 Å². The van der Waals surface area contributed by atoms with Gasteiger partial charge in [-0.15, -0.1) is 0 Å². The summed E-state index contributed by atoms with van der Waals surface area (Å²) in [6, 6.07) is 11.7. The first kappa shape index (κ1) is 46.9. The molecule has 0 bridgehead atoms. The number of aromatic amines is 1. The average molecular weight is 831 g/mol. The lowest BCUT2D eigenvalue weighted by Gasteiger charge is -2.55. The fourth-order valence-corrected chi connectivity index (χ4v) is 9.95. The monoisotopic (exact) mass is 831 g/mol. The summed E-state index contributed by atoms with van der Waals surface area (Å²) in [7, 11) is 0. The first-order valence-corrected chi connectivity index (χ1v) is 23.1. The SMILES string of the molecule is CC.CC.CCC1CCCCC1.O=CN1CCC(C2(C3CCN(CC(=O)N4CCN(C(=O)c5cc(Cc6n[nH]c(=O)c7ccccc67)ccc5F)CC4)CC3)COC2)CC1. The molecule has 5 aliphatic rings. The van der Waals surface area contributed by atoms with Crippen molar-refractivity contribution in [3.8, 4) is 0 Å². The van der Waals surface area contributed by atoms with E-state index < -0.39 is 11.7 Å². The normalized spacial score (nSPS) is 20.1. The first-order valence-electron chi connectivity index (χ1n) is 23.1. The highest BCUT2D eigenvalue weighted by Crippen LogP contribution is 2.50. The minimum Gasteiger partial charge on any atom is -0.380 e. The summed E-state index contributed by atoms with van der Waals surface area (Å²) in [6.45, 7) is 17.2. The second kappa shape index (κ2) is 23.2. The van der Waals surface area contributed by atoms with Crippen molar-refractivity contribution in [3.63, 3.8) is 0 Å². The van der Waals surface area contributed by atoms with Crippen molar-refractivity contribution in [1.29, 1.82) is 0 Å². The molecule has 12 heteroatoms. The van der Waals surface area contributed by atoms with Crippen molar-refractivity contribution < 1.29 is 23.5 Å². The maximum absolute atomic E-state index is 14.9. The van der Waals surface area contributed by atoms with Gasteiger partial charge in [-0.3, -0.25) is 24.1 Å². The molecule has 60 heavy (non-hydrogen) atoms. The van der Waals surface area contributed by atoms with Crippen molar-refractivity contribution in [2.75, 3.05) is 72.1 Å².